The SMILES string of the molecule is CCNCC1CCN(C(=O)c2ccn(-c3ccccc3)n2)CC1. The van der Waals surface area contributed by atoms with E-state index in [-0.39, 0.29) is 5.91 Å². The smallest absolute Gasteiger partial charge is 0.274 e. The van der Waals surface area contributed by atoms with Crippen molar-refractivity contribution in [3.8, 4) is 5.69 Å². The molecule has 23 heavy (non-hydrogen) atoms. The number of para-hydroxylation sites is 1. The van der Waals surface area contributed by atoms with Gasteiger partial charge in [0.15, 0.2) is 5.69 Å². The quantitative estimate of drug-likeness (QED) is 0.922. The topological polar surface area (TPSA) is 50.2 Å². The summed E-state index contributed by atoms with van der Waals surface area (Å²) < 4.78 is 1.76. The summed E-state index contributed by atoms with van der Waals surface area (Å²) in [4.78, 5) is 14.5. The van der Waals surface area contributed by atoms with E-state index in [9.17, 15) is 4.79 Å². The summed E-state index contributed by atoms with van der Waals surface area (Å²) in [5.74, 6) is 0.724. The molecule has 1 aromatic carbocycles. The number of carbonyl (C=O) groups is 1. The molecule has 1 amide bonds. The molecule has 0 atom stereocenters. The molecule has 0 radical (unpaired) electrons. The third kappa shape index (κ3) is 3.79. The first kappa shape index (κ1) is 15.7. The highest BCUT2D eigenvalue weighted by Crippen LogP contribution is 2.18. The fourth-order valence-electron chi connectivity index (χ4n) is 3.01. The van der Waals surface area contributed by atoms with Gasteiger partial charge >= 0.3 is 0 Å². The lowest BCUT2D eigenvalue weighted by atomic mass is 9.96. The minimum absolute atomic E-state index is 0.0431. The van der Waals surface area contributed by atoms with Crippen LogP contribution in [0.3, 0.4) is 0 Å². The first-order valence-electron chi connectivity index (χ1n) is 8.39. The molecule has 1 saturated heterocycles. The Kier molecular flexibility index (Phi) is 5.08. The van der Waals surface area contributed by atoms with Gasteiger partial charge in [0.2, 0.25) is 0 Å². The van der Waals surface area contributed by atoms with Crippen LogP contribution in [0.2, 0.25) is 0 Å². The summed E-state index contributed by atoms with van der Waals surface area (Å²) >= 11 is 0. The Hall–Kier alpha value is -2.14. The Balaban J connectivity index is 1.60. The van der Waals surface area contributed by atoms with Crippen LogP contribution in [0.5, 0.6) is 0 Å². The van der Waals surface area contributed by atoms with E-state index in [1.807, 2.05) is 41.4 Å². The van der Waals surface area contributed by atoms with Crippen molar-refractivity contribution in [2.24, 2.45) is 5.92 Å². The molecule has 2 aromatic rings. The summed E-state index contributed by atoms with van der Waals surface area (Å²) in [5.41, 5.74) is 1.50. The summed E-state index contributed by atoms with van der Waals surface area (Å²) in [6.07, 6.45) is 3.98. The molecule has 1 aliphatic heterocycles. The van der Waals surface area contributed by atoms with Gasteiger partial charge in [0.1, 0.15) is 0 Å². The average molecular weight is 312 g/mol. The van der Waals surface area contributed by atoms with E-state index in [0.717, 1.165) is 44.7 Å². The number of likely N-dealkylation sites (tertiary alicyclic amines) is 1. The number of nitrogens with zero attached hydrogens (tertiary/aromatic N) is 3. The Labute approximate surface area is 137 Å². The molecule has 0 spiro atoms. The molecule has 0 unspecified atom stereocenters. The predicted molar refractivity (Wildman–Crippen MR) is 90.7 cm³/mol. The van der Waals surface area contributed by atoms with E-state index in [1.54, 1.807) is 10.7 Å². The number of carbonyl (C=O) groups excluding carboxylic acids is 1. The molecule has 122 valence electrons. The molecule has 5 heteroatoms. The Morgan fingerprint density at radius 1 is 1.22 bits per heavy atom. The second kappa shape index (κ2) is 7.42. The first-order chi connectivity index (χ1) is 11.3. The average Bonchev–Trinajstić information content (AvgIpc) is 3.11. The molecule has 1 aliphatic rings. The Morgan fingerprint density at radius 2 is 1.96 bits per heavy atom. The van der Waals surface area contributed by atoms with Crippen LogP contribution in [-0.4, -0.2) is 46.8 Å². The number of benzene rings is 1. The molecule has 3 rings (SSSR count). The number of rotatable bonds is 5. The summed E-state index contributed by atoms with van der Waals surface area (Å²) in [5, 5.41) is 7.83. The molecule has 0 saturated carbocycles. The lowest BCUT2D eigenvalue weighted by Crippen LogP contribution is -2.41. The maximum absolute atomic E-state index is 12.6. The van der Waals surface area contributed by atoms with Gasteiger partial charge in [-0.05, 0) is 50.0 Å². The molecule has 0 bridgehead atoms. The number of hydrogen-bond acceptors (Lipinski definition) is 3. The van der Waals surface area contributed by atoms with Gasteiger partial charge in [-0.25, -0.2) is 4.68 Å². The van der Waals surface area contributed by atoms with Crippen molar-refractivity contribution in [1.29, 1.82) is 0 Å². The standard InChI is InChI=1S/C18H24N4O/c1-2-19-14-15-8-11-21(12-9-15)18(23)17-10-13-22(20-17)16-6-4-3-5-7-16/h3-7,10,13,15,19H,2,8-9,11-12,14H2,1H3. The molecular formula is C18H24N4O. The van der Waals surface area contributed by atoms with E-state index >= 15 is 0 Å². The zero-order chi connectivity index (χ0) is 16.1. The van der Waals surface area contributed by atoms with Gasteiger partial charge in [-0.15, -0.1) is 0 Å². The van der Waals surface area contributed by atoms with Crippen LogP contribution < -0.4 is 5.32 Å². The second-order valence-electron chi connectivity index (χ2n) is 6.02. The van der Waals surface area contributed by atoms with E-state index in [2.05, 4.69) is 17.3 Å². The molecule has 2 heterocycles. The van der Waals surface area contributed by atoms with Crippen LogP contribution in [0.1, 0.15) is 30.3 Å². The van der Waals surface area contributed by atoms with Crippen LogP contribution in [0, 0.1) is 5.92 Å². The largest absolute Gasteiger partial charge is 0.337 e. The molecule has 1 aromatic heterocycles. The molecular weight excluding hydrogens is 288 g/mol. The summed E-state index contributed by atoms with van der Waals surface area (Å²) in [6, 6.07) is 11.7. The van der Waals surface area contributed by atoms with Crippen molar-refractivity contribution in [3.05, 3.63) is 48.3 Å². The van der Waals surface area contributed by atoms with Crippen molar-refractivity contribution in [1.82, 2.24) is 20.0 Å². The third-order valence-electron chi connectivity index (χ3n) is 4.41. The zero-order valence-corrected chi connectivity index (χ0v) is 13.6. The maximum Gasteiger partial charge on any atom is 0.274 e. The van der Waals surface area contributed by atoms with E-state index < -0.39 is 0 Å². The maximum atomic E-state index is 12.6. The predicted octanol–water partition coefficient (Wildman–Crippen LogP) is 2.33. The van der Waals surface area contributed by atoms with Crippen molar-refractivity contribution < 1.29 is 4.79 Å². The number of nitrogens with one attached hydrogen (secondary N) is 1. The fraction of sp³-hybridized carbons (Fsp3) is 0.444. The number of hydrogen-bond donors (Lipinski definition) is 1. The van der Waals surface area contributed by atoms with E-state index in [4.69, 9.17) is 0 Å². The second-order valence-corrected chi connectivity index (χ2v) is 6.02. The van der Waals surface area contributed by atoms with Gasteiger partial charge in [0, 0.05) is 19.3 Å². The van der Waals surface area contributed by atoms with Crippen LogP contribution in [0.25, 0.3) is 5.69 Å². The van der Waals surface area contributed by atoms with Crippen LogP contribution in [-0.2, 0) is 0 Å². The monoisotopic (exact) mass is 312 g/mol. The van der Waals surface area contributed by atoms with Gasteiger partial charge in [-0.1, -0.05) is 25.1 Å². The summed E-state index contributed by atoms with van der Waals surface area (Å²) in [6.45, 7) is 5.85. The summed E-state index contributed by atoms with van der Waals surface area (Å²) in [7, 11) is 0. The third-order valence-corrected chi connectivity index (χ3v) is 4.41. The highest BCUT2D eigenvalue weighted by atomic mass is 16.2. The molecule has 5 nitrogen and oxygen atoms in total. The minimum Gasteiger partial charge on any atom is -0.337 e. The Bertz CT molecular complexity index is 629. The first-order valence-corrected chi connectivity index (χ1v) is 8.39. The van der Waals surface area contributed by atoms with Crippen LogP contribution in [0.15, 0.2) is 42.6 Å². The van der Waals surface area contributed by atoms with Crippen molar-refractivity contribution >= 4 is 5.91 Å². The van der Waals surface area contributed by atoms with Gasteiger partial charge in [-0.2, -0.15) is 5.10 Å². The Morgan fingerprint density at radius 3 is 2.65 bits per heavy atom. The zero-order valence-electron chi connectivity index (χ0n) is 13.6. The van der Waals surface area contributed by atoms with Gasteiger partial charge in [0.25, 0.3) is 5.91 Å². The highest BCUT2D eigenvalue weighted by molar-refractivity contribution is 5.92. The van der Waals surface area contributed by atoms with Crippen LogP contribution >= 0.6 is 0 Å². The van der Waals surface area contributed by atoms with Crippen LogP contribution in [0.4, 0.5) is 0 Å². The molecule has 0 aliphatic carbocycles. The van der Waals surface area contributed by atoms with E-state index in [0.29, 0.717) is 11.6 Å². The van der Waals surface area contributed by atoms with Crippen molar-refractivity contribution in [2.75, 3.05) is 26.2 Å². The van der Waals surface area contributed by atoms with Gasteiger partial charge in [-0.3, -0.25) is 4.79 Å². The number of aromatic nitrogens is 2. The molecule has 1 fully saturated rings. The van der Waals surface area contributed by atoms with E-state index in [1.165, 1.54) is 0 Å². The highest BCUT2D eigenvalue weighted by Gasteiger charge is 2.24. The lowest BCUT2D eigenvalue weighted by Gasteiger charge is -2.31. The van der Waals surface area contributed by atoms with Gasteiger partial charge < -0.3 is 10.2 Å². The minimum atomic E-state index is 0.0431. The lowest BCUT2D eigenvalue weighted by molar-refractivity contribution is 0.0684. The number of piperidine rings is 1. The molecule has 1 N–H and O–H groups in total. The van der Waals surface area contributed by atoms with Crippen molar-refractivity contribution in [2.45, 2.75) is 19.8 Å². The fourth-order valence-corrected chi connectivity index (χ4v) is 3.01. The normalized spacial score (nSPS) is 15.8. The van der Waals surface area contributed by atoms with Crippen molar-refractivity contribution in [3.63, 3.8) is 0 Å². The van der Waals surface area contributed by atoms with Gasteiger partial charge in [0.05, 0.1) is 5.69 Å². The number of amides is 1.